The molecule has 3 heteroatoms. The number of benzene rings is 2. The Kier molecular flexibility index (Phi) is 1.75. The Hall–Kier alpha value is -2.42. The van der Waals surface area contributed by atoms with Gasteiger partial charge in [-0.2, -0.15) is 5.10 Å². The van der Waals surface area contributed by atoms with Crippen molar-refractivity contribution >= 4 is 16.7 Å². The van der Waals surface area contributed by atoms with E-state index in [-0.39, 0.29) is 5.78 Å². The molecule has 0 unspecified atom stereocenters. The molecule has 1 N–H and O–H groups in total. The monoisotopic (exact) mass is 234 g/mol. The van der Waals surface area contributed by atoms with Gasteiger partial charge in [-0.25, -0.2) is 0 Å². The first-order valence-electron chi connectivity index (χ1n) is 5.93. The minimum Gasteiger partial charge on any atom is -0.294 e. The maximum atomic E-state index is 12.3. The van der Waals surface area contributed by atoms with Crippen molar-refractivity contribution in [1.82, 2.24) is 10.2 Å². The Balaban J connectivity index is 2.19. The van der Waals surface area contributed by atoms with E-state index >= 15 is 0 Å². The minimum atomic E-state index is 0.163. The van der Waals surface area contributed by atoms with Gasteiger partial charge in [0, 0.05) is 22.9 Å². The van der Waals surface area contributed by atoms with E-state index in [4.69, 9.17) is 0 Å². The van der Waals surface area contributed by atoms with Crippen molar-refractivity contribution in [1.29, 1.82) is 0 Å². The molecule has 0 aliphatic heterocycles. The molecule has 2 aromatic carbocycles. The highest BCUT2D eigenvalue weighted by atomic mass is 16.1. The number of ketones is 1. The lowest BCUT2D eigenvalue weighted by atomic mass is 10.0. The molecule has 0 fully saturated rings. The molecule has 3 nitrogen and oxygen atoms in total. The van der Waals surface area contributed by atoms with Crippen LogP contribution in [0.4, 0.5) is 0 Å². The predicted molar refractivity (Wildman–Crippen MR) is 69.6 cm³/mol. The second-order valence-corrected chi connectivity index (χ2v) is 4.56. The number of aromatic amines is 1. The number of hydrogen-bond acceptors (Lipinski definition) is 2. The third-order valence-electron chi connectivity index (χ3n) is 3.51. The van der Waals surface area contributed by atoms with Crippen molar-refractivity contribution in [2.45, 2.75) is 6.42 Å². The third-order valence-corrected chi connectivity index (χ3v) is 3.51. The van der Waals surface area contributed by atoms with Crippen LogP contribution in [-0.2, 0) is 6.42 Å². The van der Waals surface area contributed by atoms with Gasteiger partial charge < -0.3 is 0 Å². The molecule has 0 amide bonds. The maximum Gasteiger partial charge on any atom is 0.167 e. The molecule has 0 saturated carbocycles. The van der Waals surface area contributed by atoms with Gasteiger partial charge >= 0.3 is 0 Å². The third kappa shape index (κ3) is 1.13. The molecular formula is C15H10N2O. The number of H-pyrrole nitrogens is 1. The highest BCUT2D eigenvalue weighted by Crippen LogP contribution is 2.35. The van der Waals surface area contributed by atoms with E-state index in [1.54, 1.807) is 0 Å². The summed E-state index contributed by atoms with van der Waals surface area (Å²) in [5, 5.41) is 8.51. The SMILES string of the molecule is O=C1Cc2cccc3[nH]nc(c23)-c2ccccc21. The number of nitrogens with zero attached hydrogens (tertiary/aromatic N) is 1. The van der Waals surface area contributed by atoms with Crippen LogP contribution in [0.15, 0.2) is 42.5 Å². The summed E-state index contributed by atoms with van der Waals surface area (Å²) in [4.78, 5) is 12.3. The molecule has 0 saturated heterocycles. The van der Waals surface area contributed by atoms with Crippen LogP contribution in [0.3, 0.4) is 0 Å². The topological polar surface area (TPSA) is 45.8 Å². The molecule has 1 aromatic heterocycles. The molecule has 0 radical (unpaired) electrons. The van der Waals surface area contributed by atoms with Gasteiger partial charge in [-0.15, -0.1) is 0 Å². The first-order chi connectivity index (χ1) is 8.84. The second-order valence-electron chi connectivity index (χ2n) is 4.56. The van der Waals surface area contributed by atoms with Crippen LogP contribution < -0.4 is 0 Å². The van der Waals surface area contributed by atoms with Gasteiger partial charge in [0.15, 0.2) is 5.78 Å². The van der Waals surface area contributed by atoms with E-state index in [1.807, 2.05) is 42.5 Å². The van der Waals surface area contributed by atoms with Crippen LogP contribution in [0.25, 0.3) is 22.2 Å². The maximum absolute atomic E-state index is 12.3. The zero-order valence-corrected chi connectivity index (χ0v) is 9.60. The summed E-state index contributed by atoms with van der Waals surface area (Å²) >= 11 is 0. The van der Waals surface area contributed by atoms with E-state index in [0.29, 0.717) is 6.42 Å². The first kappa shape index (κ1) is 9.59. The number of carbonyl (C=O) groups is 1. The van der Waals surface area contributed by atoms with E-state index in [1.165, 1.54) is 0 Å². The summed E-state index contributed by atoms with van der Waals surface area (Å²) in [6.07, 6.45) is 0.445. The summed E-state index contributed by atoms with van der Waals surface area (Å²) in [6.45, 7) is 0. The molecule has 1 aliphatic rings. The van der Waals surface area contributed by atoms with Crippen molar-refractivity contribution in [2.24, 2.45) is 0 Å². The van der Waals surface area contributed by atoms with E-state index in [2.05, 4.69) is 10.2 Å². The Morgan fingerprint density at radius 2 is 1.83 bits per heavy atom. The van der Waals surface area contributed by atoms with Crippen molar-refractivity contribution in [3.8, 4) is 11.3 Å². The largest absolute Gasteiger partial charge is 0.294 e. The second kappa shape index (κ2) is 3.29. The van der Waals surface area contributed by atoms with E-state index < -0.39 is 0 Å². The van der Waals surface area contributed by atoms with Gasteiger partial charge in [-0.1, -0.05) is 36.4 Å². The van der Waals surface area contributed by atoms with E-state index in [0.717, 1.165) is 33.3 Å². The Morgan fingerprint density at radius 3 is 2.72 bits per heavy atom. The Bertz CT molecular complexity index is 786. The molecule has 0 atom stereocenters. The molecule has 0 bridgehead atoms. The number of Topliss-reactive ketones (excluding diaryl/α,β-unsaturated/α-hetero) is 1. The number of carbonyl (C=O) groups excluding carboxylic acids is 1. The number of rotatable bonds is 0. The van der Waals surface area contributed by atoms with Crippen molar-refractivity contribution in [3.63, 3.8) is 0 Å². The summed E-state index contributed by atoms with van der Waals surface area (Å²) in [7, 11) is 0. The highest BCUT2D eigenvalue weighted by molar-refractivity contribution is 6.11. The fraction of sp³-hybridized carbons (Fsp3) is 0.0667. The van der Waals surface area contributed by atoms with Crippen LogP contribution in [0.2, 0.25) is 0 Å². The van der Waals surface area contributed by atoms with E-state index in [9.17, 15) is 4.79 Å². The molecule has 4 rings (SSSR count). The Labute approximate surface area is 103 Å². The molecular weight excluding hydrogens is 224 g/mol. The fourth-order valence-electron chi connectivity index (χ4n) is 2.69. The number of hydrogen-bond donors (Lipinski definition) is 1. The van der Waals surface area contributed by atoms with Crippen LogP contribution in [0.5, 0.6) is 0 Å². The van der Waals surface area contributed by atoms with Gasteiger partial charge in [0.1, 0.15) is 5.69 Å². The van der Waals surface area contributed by atoms with Crippen LogP contribution in [-0.4, -0.2) is 16.0 Å². The lowest BCUT2D eigenvalue weighted by Crippen LogP contribution is -2.03. The summed E-state index contributed by atoms with van der Waals surface area (Å²) in [5.74, 6) is 0.163. The van der Waals surface area contributed by atoms with Crippen LogP contribution in [0.1, 0.15) is 15.9 Å². The zero-order chi connectivity index (χ0) is 12.1. The first-order valence-corrected chi connectivity index (χ1v) is 5.93. The summed E-state index contributed by atoms with van der Waals surface area (Å²) < 4.78 is 0. The quantitative estimate of drug-likeness (QED) is 0.650. The molecule has 86 valence electrons. The normalized spacial score (nSPS) is 13.4. The molecule has 1 heterocycles. The number of aromatic nitrogens is 2. The van der Waals surface area contributed by atoms with Gasteiger partial charge in [0.25, 0.3) is 0 Å². The molecule has 3 aromatic rings. The standard InChI is InChI=1S/C15H10N2O/c18-13-8-9-4-3-7-12-14(9)15(17-16-12)11-6-2-1-5-10(11)13/h1-7H,8H2,(H,16,17). The molecule has 18 heavy (non-hydrogen) atoms. The van der Waals surface area contributed by atoms with Gasteiger partial charge in [-0.3, -0.25) is 9.89 Å². The van der Waals surface area contributed by atoms with Crippen LogP contribution in [0, 0.1) is 0 Å². The predicted octanol–water partition coefficient (Wildman–Crippen LogP) is 2.97. The van der Waals surface area contributed by atoms with Gasteiger partial charge in [0.05, 0.1) is 5.52 Å². The van der Waals surface area contributed by atoms with Crippen molar-refractivity contribution < 1.29 is 4.79 Å². The molecule has 1 aliphatic carbocycles. The highest BCUT2D eigenvalue weighted by Gasteiger charge is 2.23. The van der Waals surface area contributed by atoms with Gasteiger partial charge in [-0.05, 0) is 11.6 Å². The lowest BCUT2D eigenvalue weighted by molar-refractivity contribution is 0.0994. The van der Waals surface area contributed by atoms with Crippen molar-refractivity contribution in [3.05, 3.63) is 53.6 Å². The zero-order valence-electron chi connectivity index (χ0n) is 9.60. The minimum absolute atomic E-state index is 0.163. The fourth-order valence-corrected chi connectivity index (χ4v) is 2.69. The molecule has 0 spiro atoms. The number of nitrogens with one attached hydrogen (secondary N) is 1. The van der Waals surface area contributed by atoms with Gasteiger partial charge in [0.2, 0.25) is 0 Å². The lowest BCUT2D eigenvalue weighted by Gasteiger charge is -2.02. The number of fused-ring (bicyclic) bond motifs is 2. The summed E-state index contributed by atoms with van der Waals surface area (Å²) in [5.41, 5.74) is 4.63. The van der Waals surface area contributed by atoms with Crippen LogP contribution >= 0.6 is 0 Å². The Morgan fingerprint density at radius 1 is 1.00 bits per heavy atom. The summed E-state index contributed by atoms with van der Waals surface area (Å²) in [6, 6.07) is 13.6. The smallest absolute Gasteiger partial charge is 0.167 e. The average Bonchev–Trinajstić information content (AvgIpc) is 2.78. The average molecular weight is 234 g/mol. The van der Waals surface area contributed by atoms with Crippen molar-refractivity contribution in [2.75, 3.05) is 0 Å².